The molecule has 0 aromatic heterocycles. The number of ether oxygens (including phenoxy) is 1. The second kappa shape index (κ2) is 6.31. The highest BCUT2D eigenvalue weighted by molar-refractivity contribution is 7.80. The minimum absolute atomic E-state index is 0.00223. The highest BCUT2D eigenvalue weighted by Gasteiger charge is 2.08. The quantitative estimate of drug-likeness (QED) is 0.753. The number of hydrogen-bond acceptors (Lipinski definition) is 2. The van der Waals surface area contributed by atoms with E-state index >= 15 is 0 Å². The molecule has 1 unspecified atom stereocenters. The van der Waals surface area contributed by atoms with E-state index in [2.05, 4.69) is 24.3 Å². The van der Waals surface area contributed by atoms with E-state index in [1.165, 1.54) is 5.56 Å². The normalized spacial score (nSPS) is 11.8. The van der Waals surface area contributed by atoms with Crippen LogP contribution in [0.1, 0.15) is 24.2 Å². The van der Waals surface area contributed by atoms with Gasteiger partial charge in [0.05, 0.1) is 0 Å². The fraction of sp³-hybridized carbons (Fsp3) is 0.188. The van der Waals surface area contributed by atoms with Crippen LogP contribution in [-0.2, 0) is 11.2 Å². The standard InChI is InChI=1S/C16H16OS/c1-13(15-10-6-3-7-11-15)17-16(18)12-14-8-4-2-5-9-14/h2-11,13H,12H2,1H3. The Bertz CT molecular complexity index is 493. The van der Waals surface area contributed by atoms with Crippen LogP contribution in [0.3, 0.4) is 0 Å². The molecule has 2 aromatic carbocycles. The van der Waals surface area contributed by atoms with Crippen LogP contribution < -0.4 is 0 Å². The van der Waals surface area contributed by atoms with Crippen molar-refractivity contribution < 1.29 is 4.74 Å². The zero-order valence-corrected chi connectivity index (χ0v) is 11.2. The summed E-state index contributed by atoms with van der Waals surface area (Å²) in [5.74, 6) is 0. The fourth-order valence-electron chi connectivity index (χ4n) is 1.79. The first-order valence-corrected chi connectivity index (χ1v) is 6.45. The SMILES string of the molecule is CC(OC(=S)Cc1ccccc1)c1ccccc1. The first-order chi connectivity index (χ1) is 8.75. The topological polar surface area (TPSA) is 9.23 Å². The summed E-state index contributed by atoms with van der Waals surface area (Å²) in [7, 11) is 0. The maximum Gasteiger partial charge on any atom is 0.164 e. The largest absolute Gasteiger partial charge is 0.479 e. The van der Waals surface area contributed by atoms with Crippen LogP contribution in [0.2, 0.25) is 0 Å². The monoisotopic (exact) mass is 256 g/mol. The molecule has 0 fully saturated rings. The van der Waals surface area contributed by atoms with E-state index < -0.39 is 0 Å². The van der Waals surface area contributed by atoms with Gasteiger partial charge in [-0.3, -0.25) is 0 Å². The van der Waals surface area contributed by atoms with Gasteiger partial charge in [0.2, 0.25) is 0 Å². The molecule has 0 saturated carbocycles. The minimum Gasteiger partial charge on any atom is -0.479 e. The van der Waals surface area contributed by atoms with Crippen LogP contribution in [0.5, 0.6) is 0 Å². The van der Waals surface area contributed by atoms with Gasteiger partial charge >= 0.3 is 0 Å². The summed E-state index contributed by atoms with van der Waals surface area (Å²) in [5.41, 5.74) is 2.33. The third kappa shape index (κ3) is 3.67. The van der Waals surface area contributed by atoms with E-state index in [0.29, 0.717) is 11.5 Å². The molecular formula is C16H16OS. The van der Waals surface area contributed by atoms with Crippen molar-refractivity contribution in [2.45, 2.75) is 19.4 Å². The van der Waals surface area contributed by atoms with Crippen molar-refractivity contribution in [3.63, 3.8) is 0 Å². The molecule has 0 bridgehead atoms. The van der Waals surface area contributed by atoms with Crippen molar-refractivity contribution in [2.24, 2.45) is 0 Å². The van der Waals surface area contributed by atoms with Crippen molar-refractivity contribution in [1.29, 1.82) is 0 Å². The highest BCUT2D eigenvalue weighted by atomic mass is 32.1. The predicted octanol–water partition coefficient (Wildman–Crippen LogP) is 4.33. The third-order valence-corrected chi connectivity index (χ3v) is 3.01. The van der Waals surface area contributed by atoms with Gasteiger partial charge in [0, 0.05) is 6.42 Å². The fourth-order valence-corrected chi connectivity index (χ4v) is 2.10. The molecule has 0 N–H and O–H groups in total. The highest BCUT2D eigenvalue weighted by Crippen LogP contribution is 2.17. The molecule has 0 amide bonds. The van der Waals surface area contributed by atoms with Crippen LogP contribution in [-0.4, -0.2) is 5.05 Å². The summed E-state index contributed by atoms with van der Waals surface area (Å²) in [6.45, 7) is 2.02. The Morgan fingerprint density at radius 2 is 1.56 bits per heavy atom. The van der Waals surface area contributed by atoms with E-state index in [-0.39, 0.29) is 6.10 Å². The van der Waals surface area contributed by atoms with Crippen LogP contribution in [0.25, 0.3) is 0 Å². The van der Waals surface area contributed by atoms with Gasteiger partial charge in [-0.25, -0.2) is 0 Å². The Hall–Kier alpha value is -1.67. The van der Waals surface area contributed by atoms with Gasteiger partial charge in [0.15, 0.2) is 5.05 Å². The number of rotatable bonds is 4. The Morgan fingerprint density at radius 3 is 2.17 bits per heavy atom. The van der Waals surface area contributed by atoms with Crippen LogP contribution in [0.4, 0.5) is 0 Å². The van der Waals surface area contributed by atoms with Gasteiger partial charge in [0.25, 0.3) is 0 Å². The smallest absolute Gasteiger partial charge is 0.164 e. The average Bonchev–Trinajstić information content (AvgIpc) is 2.40. The maximum absolute atomic E-state index is 5.77. The Balaban J connectivity index is 1.92. The zero-order valence-electron chi connectivity index (χ0n) is 10.4. The molecule has 0 aliphatic carbocycles. The van der Waals surface area contributed by atoms with Gasteiger partial charge in [-0.15, -0.1) is 0 Å². The Morgan fingerprint density at radius 1 is 1.00 bits per heavy atom. The molecule has 0 radical (unpaired) electrons. The average molecular weight is 256 g/mol. The molecule has 0 saturated heterocycles. The van der Waals surface area contributed by atoms with E-state index in [4.69, 9.17) is 17.0 Å². The lowest BCUT2D eigenvalue weighted by Gasteiger charge is -2.15. The van der Waals surface area contributed by atoms with Gasteiger partial charge in [-0.05, 0) is 30.3 Å². The lowest BCUT2D eigenvalue weighted by Crippen LogP contribution is -2.09. The van der Waals surface area contributed by atoms with Crippen molar-refractivity contribution in [1.82, 2.24) is 0 Å². The van der Waals surface area contributed by atoms with E-state index in [0.717, 1.165) is 5.56 Å². The van der Waals surface area contributed by atoms with E-state index in [1.807, 2.05) is 43.3 Å². The second-order valence-electron chi connectivity index (χ2n) is 4.21. The maximum atomic E-state index is 5.77. The molecule has 0 spiro atoms. The number of thiocarbonyl (C=S) groups is 1. The summed E-state index contributed by atoms with van der Waals surface area (Å²) in [6, 6.07) is 20.3. The lowest BCUT2D eigenvalue weighted by atomic mass is 10.1. The van der Waals surface area contributed by atoms with E-state index in [9.17, 15) is 0 Å². The summed E-state index contributed by atoms with van der Waals surface area (Å²) in [4.78, 5) is 0. The summed E-state index contributed by atoms with van der Waals surface area (Å²) < 4.78 is 5.77. The second-order valence-corrected chi connectivity index (χ2v) is 4.66. The molecule has 0 aliphatic rings. The summed E-state index contributed by atoms with van der Waals surface area (Å²) in [6.07, 6.45) is 0.690. The van der Waals surface area contributed by atoms with Gasteiger partial charge in [-0.1, -0.05) is 60.7 Å². The predicted molar refractivity (Wildman–Crippen MR) is 78.7 cm³/mol. The van der Waals surface area contributed by atoms with Crippen molar-refractivity contribution >= 4 is 17.3 Å². The molecule has 1 atom stereocenters. The van der Waals surface area contributed by atoms with Gasteiger partial charge in [-0.2, -0.15) is 0 Å². The van der Waals surface area contributed by atoms with Gasteiger partial charge in [0.1, 0.15) is 6.10 Å². The molecular weight excluding hydrogens is 240 g/mol. The zero-order chi connectivity index (χ0) is 12.8. The molecule has 2 heteroatoms. The van der Waals surface area contributed by atoms with Crippen LogP contribution >= 0.6 is 12.2 Å². The Kier molecular flexibility index (Phi) is 4.48. The van der Waals surface area contributed by atoms with Crippen molar-refractivity contribution in [3.8, 4) is 0 Å². The number of hydrogen-bond donors (Lipinski definition) is 0. The van der Waals surface area contributed by atoms with Crippen LogP contribution in [0, 0.1) is 0 Å². The van der Waals surface area contributed by atoms with Crippen molar-refractivity contribution in [2.75, 3.05) is 0 Å². The first-order valence-electron chi connectivity index (χ1n) is 6.04. The number of benzene rings is 2. The first kappa shape index (κ1) is 12.8. The van der Waals surface area contributed by atoms with Crippen LogP contribution in [0.15, 0.2) is 60.7 Å². The molecule has 2 rings (SSSR count). The summed E-state index contributed by atoms with van der Waals surface area (Å²) in [5, 5.41) is 0.637. The lowest BCUT2D eigenvalue weighted by molar-refractivity contribution is 0.215. The van der Waals surface area contributed by atoms with Gasteiger partial charge < -0.3 is 4.74 Å². The molecule has 0 heterocycles. The Labute approximate surface area is 113 Å². The molecule has 0 aliphatic heterocycles. The minimum atomic E-state index is 0.00223. The third-order valence-electron chi connectivity index (χ3n) is 2.77. The molecule has 18 heavy (non-hydrogen) atoms. The van der Waals surface area contributed by atoms with Crippen molar-refractivity contribution in [3.05, 3.63) is 71.8 Å². The molecule has 92 valence electrons. The summed E-state index contributed by atoms with van der Waals surface area (Å²) >= 11 is 5.29. The molecule has 2 aromatic rings. The van der Waals surface area contributed by atoms with E-state index in [1.54, 1.807) is 0 Å². The molecule has 1 nitrogen and oxygen atoms in total.